The number of benzene rings is 1. The lowest BCUT2D eigenvalue weighted by Crippen LogP contribution is -2.60. The van der Waals surface area contributed by atoms with E-state index in [1.807, 2.05) is 44.2 Å². The lowest BCUT2D eigenvalue weighted by Gasteiger charge is -2.34. The number of aryl methyl sites for hydroxylation is 1. The lowest BCUT2D eigenvalue weighted by molar-refractivity contribution is -0.142. The smallest absolute Gasteiger partial charge is 0.408 e. The molecule has 0 spiro atoms. The Morgan fingerprint density at radius 1 is 1.15 bits per heavy atom. The number of alkyl carbamates (subject to hydrolysis) is 1. The molecule has 3 aliphatic heterocycles. The summed E-state index contributed by atoms with van der Waals surface area (Å²) in [6.07, 6.45) is 2.14. The second-order valence-electron chi connectivity index (χ2n) is 17.6. The van der Waals surface area contributed by atoms with E-state index in [1.54, 1.807) is 6.08 Å². The Balaban J connectivity index is 1.25. The zero-order valence-corrected chi connectivity index (χ0v) is 35.1. The van der Waals surface area contributed by atoms with Crippen LogP contribution in [0.4, 0.5) is 18.0 Å². The standard InChI is InChI=1S/C42H54F3N5O9S/c1-5-25-19-24(2)11-6-7-12-26-21-42(26,38(53)49-60(55,56)41(23-43)16-17-41)48-33(51)31-20-27(22-50(31)36(52)32(25)46-39(54)59-40(3,4)37(44)45)58-35-30-14-9-8-13-28(30)29-15-10-18-57-34(29)47-35/h7-9,12-14,24-27,31-32,37H,5-6,10-11,15-23H2,1-4H3,(H,46,54)(H,48,51)(H,49,53). The van der Waals surface area contributed by atoms with Crippen molar-refractivity contribution < 1.29 is 55.0 Å². The van der Waals surface area contributed by atoms with Gasteiger partial charge in [0.25, 0.3) is 12.3 Å². The van der Waals surface area contributed by atoms with E-state index < -0.39 is 92.8 Å². The number of sulfonamides is 1. The number of halogens is 3. The number of fused-ring (bicyclic) bond motifs is 5. The van der Waals surface area contributed by atoms with Crippen molar-refractivity contribution in [3.05, 3.63) is 42.0 Å². The molecule has 7 unspecified atom stereocenters. The average molecular weight is 862 g/mol. The quantitative estimate of drug-likeness (QED) is 0.266. The molecule has 2 saturated carbocycles. The molecule has 7 rings (SSSR count). The molecule has 3 N–H and O–H groups in total. The summed E-state index contributed by atoms with van der Waals surface area (Å²) in [5.74, 6) is -2.97. The minimum absolute atomic E-state index is 0.000940. The fourth-order valence-electron chi connectivity index (χ4n) is 8.70. The number of hydrogen-bond donors (Lipinski definition) is 3. The van der Waals surface area contributed by atoms with Crippen molar-refractivity contribution in [2.24, 2.45) is 17.8 Å². The van der Waals surface area contributed by atoms with Crippen LogP contribution < -0.4 is 24.8 Å². The van der Waals surface area contributed by atoms with Gasteiger partial charge >= 0.3 is 6.09 Å². The van der Waals surface area contributed by atoms with E-state index >= 15 is 0 Å². The molecule has 2 aromatic rings. The molecule has 60 heavy (non-hydrogen) atoms. The van der Waals surface area contributed by atoms with E-state index in [9.17, 15) is 40.8 Å². The highest BCUT2D eigenvalue weighted by Crippen LogP contribution is 2.48. The van der Waals surface area contributed by atoms with Crippen LogP contribution in [0.25, 0.3) is 10.8 Å². The molecule has 0 bridgehead atoms. The van der Waals surface area contributed by atoms with E-state index in [0.717, 1.165) is 37.6 Å². The number of amides is 4. The number of nitrogens with zero attached hydrogens (tertiary/aromatic N) is 2. The first-order valence-electron chi connectivity index (χ1n) is 20.8. The van der Waals surface area contributed by atoms with E-state index in [-0.39, 0.29) is 44.0 Å². The molecule has 0 radical (unpaired) electrons. The number of rotatable bonds is 10. The summed E-state index contributed by atoms with van der Waals surface area (Å²) in [5.41, 5.74) is -2.97. The van der Waals surface area contributed by atoms with Gasteiger partial charge in [0.05, 0.1) is 13.2 Å². The molecule has 3 fully saturated rings. The zero-order valence-electron chi connectivity index (χ0n) is 34.3. The van der Waals surface area contributed by atoms with Gasteiger partial charge in [-0.2, -0.15) is 4.98 Å². The molecule has 14 nitrogen and oxygen atoms in total. The summed E-state index contributed by atoms with van der Waals surface area (Å²) < 4.78 is 85.9. The van der Waals surface area contributed by atoms with Crippen LogP contribution in [-0.4, -0.2) is 102 Å². The van der Waals surface area contributed by atoms with E-state index in [1.165, 1.54) is 4.90 Å². The van der Waals surface area contributed by atoms with Crippen molar-refractivity contribution in [1.29, 1.82) is 0 Å². The van der Waals surface area contributed by atoms with Crippen molar-refractivity contribution in [3.8, 4) is 11.8 Å². The number of carbonyl (C=O) groups is 4. The van der Waals surface area contributed by atoms with Crippen LogP contribution >= 0.6 is 0 Å². The maximum Gasteiger partial charge on any atom is 0.408 e. The molecule has 5 aliphatic rings. The summed E-state index contributed by atoms with van der Waals surface area (Å²) in [4.78, 5) is 62.9. The number of pyridine rings is 1. The summed E-state index contributed by atoms with van der Waals surface area (Å²) in [5, 5.41) is 6.93. The van der Waals surface area contributed by atoms with Gasteiger partial charge in [0, 0.05) is 23.3 Å². The number of hydrogen-bond acceptors (Lipinski definition) is 10. The molecular weight excluding hydrogens is 808 g/mol. The topological polar surface area (TPSA) is 182 Å². The normalized spacial score (nSPS) is 29.2. The predicted octanol–water partition coefficient (Wildman–Crippen LogP) is 5.27. The molecule has 4 amide bonds. The molecular formula is C42H54F3N5O9S. The van der Waals surface area contributed by atoms with Gasteiger partial charge in [-0.1, -0.05) is 50.6 Å². The van der Waals surface area contributed by atoms with Crippen molar-refractivity contribution >= 4 is 44.6 Å². The van der Waals surface area contributed by atoms with Crippen LogP contribution in [0.5, 0.6) is 11.8 Å². The van der Waals surface area contributed by atoms with Crippen molar-refractivity contribution in [1.82, 2.24) is 25.2 Å². The van der Waals surface area contributed by atoms with Crippen molar-refractivity contribution in [3.63, 3.8) is 0 Å². The highest BCUT2D eigenvalue weighted by molar-refractivity contribution is 7.91. The van der Waals surface area contributed by atoms with Gasteiger partial charge in [-0.25, -0.2) is 26.4 Å². The molecule has 1 saturated heterocycles. The summed E-state index contributed by atoms with van der Waals surface area (Å²) in [6, 6.07) is 4.88. The molecule has 1 aromatic carbocycles. The SMILES string of the molecule is CCC1CC(C)CCC=CC2CC2(C(=O)NS(=O)(=O)C2(CF)CC2)NC(=O)C2CC(Oc3nc4c(c5ccccc35)CCCO4)CN2C(=O)C1NC(=O)OC(C)(C)C(F)F. The fraction of sp³-hybridized carbons (Fsp3) is 0.643. The number of nitrogens with one attached hydrogen (secondary N) is 3. The zero-order chi connectivity index (χ0) is 43.2. The van der Waals surface area contributed by atoms with Gasteiger partial charge in [0.2, 0.25) is 33.6 Å². The second-order valence-corrected chi connectivity index (χ2v) is 19.7. The predicted molar refractivity (Wildman–Crippen MR) is 213 cm³/mol. The van der Waals surface area contributed by atoms with Crippen LogP contribution in [0.3, 0.4) is 0 Å². The van der Waals surface area contributed by atoms with Gasteiger partial charge < -0.3 is 29.7 Å². The lowest BCUT2D eigenvalue weighted by atomic mass is 9.85. The maximum absolute atomic E-state index is 15.0. The number of ether oxygens (including phenoxy) is 3. The Hall–Kier alpha value is -4.61. The third-order valence-electron chi connectivity index (χ3n) is 12.8. The molecule has 18 heteroatoms. The Bertz CT molecular complexity index is 2150. The minimum atomic E-state index is -4.44. The van der Waals surface area contributed by atoms with Gasteiger partial charge in [-0.15, -0.1) is 0 Å². The highest BCUT2D eigenvalue weighted by Gasteiger charge is 2.64. The Morgan fingerprint density at radius 3 is 2.57 bits per heavy atom. The summed E-state index contributed by atoms with van der Waals surface area (Å²) in [7, 11) is -4.44. The van der Waals surface area contributed by atoms with Crippen LogP contribution in [0.15, 0.2) is 36.4 Å². The summed E-state index contributed by atoms with van der Waals surface area (Å²) in [6.45, 7) is 5.06. The molecule has 328 valence electrons. The number of aromatic nitrogens is 1. The first kappa shape index (κ1) is 43.5. The highest BCUT2D eigenvalue weighted by atomic mass is 32.2. The van der Waals surface area contributed by atoms with Crippen molar-refractivity contribution in [2.75, 3.05) is 19.8 Å². The molecule has 2 aliphatic carbocycles. The van der Waals surface area contributed by atoms with Gasteiger partial charge in [0.1, 0.15) is 35.1 Å². The fourth-order valence-corrected chi connectivity index (χ4v) is 10.1. The average Bonchev–Trinajstić information content (AvgIpc) is 4.12. The number of alkyl halides is 3. The monoisotopic (exact) mass is 861 g/mol. The minimum Gasteiger partial charge on any atom is -0.477 e. The Kier molecular flexibility index (Phi) is 12.1. The Morgan fingerprint density at radius 2 is 1.88 bits per heavy atom. The number of allylic oxidation sites excluding steroid dienone is 1. The van der Waals surface area contributed by atoms with Crippen molar-refractivity contribution in [2.45, 2.75) is 132 Å². The van der Waals surface area contributed by atoms with Crippen LogP contribution in [-0.2, 0) is 35.6 Å². The third kappa shape index (κ3) is 8.49. The van der Waals surface area contributed by atoms with Crippen LogP contribution in [0, 0.1) is 17.8 Å². The van der Waals surface area contributed by atoms with Crippen LogP contribution in [0.1, 0.15) is 91.0 Å². The summed E-state index contributed by atoms with van der Waals surface area (Å²) >= 11 is 0. The second kappa shape index (κ2) is 16.7. The van der Waals surface area contributed by atoms with E-state index in [4.69, 9.17) is 19.2 Å². The first-order valence-corrected chi connectivity index (χ1v) is 22.3. The maximum atomic E-state index is 15.0. The molecule has 4 heterocycles. The Labute approximate surface area is 347 Å². The third-order valence-corrected chi connectivity index (χ3v) is 14.9. The van der Waals surface area contributed by atoms with Crippen LogP contribution in [0.2, 0.25) is 0 Å². The van der Waals surface area contributed by atoms with E-state index in [0.29, 0.717) is 43.6 Å². The largest absolute Gasteiger partial charge is 0.477 e. The van der Waals surface area contributed by atoms with Gasteiger partial charge in [-0.3, -0.25) is 19.1 Å². The number of carbonyl (C=O) groups excluding carboxylic acids is 4. The molecule has 7 atom stereocenters. The molecule has 1 aromatic heterocycles. The van der Waals surface area contributed by atoms with Gasteiger partial charge in [0.15, 0.2) is 5.60 Å². The first-order chi connectivity index (χ1) is 28.4. The van der Waals surface area contributed by atoms with E-state index in [2.05, 4.69) is 15.4 Å². The van der Waals surface area contributed by atoms with Gasteiger partial charge in [-0.05, 0) is 88.5 Å².